The van der Waals surface area contributed by atoms with Crippen LogP contribution in [0, 0.1) is 13.8 Å². The molecule has 5 heteroatoms. The zero-order valence-corrected chi connectivity index (χ0v) is 15.1. The van der Waals surface area contributed by atoms with Gasteiger partial charge in [-0.1, -0.05) is 47.5 Å². The summed E-state index contributed by atoms with van der Waals surface area (Å²) in [6.45, 7) is 3.82. The molecule has 2 rings (SSSR count). The van der Waals surface area contributed by atoms with Gasteiger partial charge in [0, 0.05) is 6.42 Å². The molecule has 0 amide bonds. The highest BCUT2D eigenvalue weighted by atomic mass is 32.2. The van der Waals surface area contributed by atoms with E-state index in [1.54, 1.807) is 12.1 Å². The molecule has 0 radical (unpaired) electrons. The Bertz CT molecular complexity index is 794. The maximum Gasteiger partial charge on any atom is 0.232 e. The molecular weight excluding hydrogens is 322 g/mol. The largest absolute Gasteiger partial charge is 0.298 e. The molecule has 24 heavy (non-hydrogen) atoms. The number of anilines is 1. The lowest BCUT2D eigenvalue weighted by atomic mass is 10.1. The third-order valence-corrected chi connectivity index (χ3v) is 5.00. The van der Waals surface area contributed by atoms with Gasteiger partial charge in [0.15, 0.2) is 5.78 Å². The number of ketones is 1. The second-order valence-electron chi connectivity index (χ2n) is 6.13. The minimum absolute atomic E-state index is 0.0958. The van der Waals surface area contributed by atoms with Crippen LogP contribution in [0.3, 0.4) is 0 Å². The van der Waals surface area contributed by atoms with Crippen molar-refractivity contribution >= 4 is 21.5 Å². The van der Waals surface area contributed by atoms with E-state index >= 15 is 0 Å². The number of rotatable bonds is 7. The standard InChI is InChI=1S/C19H23NO3S/c1-15-4-8-17(9-5-15)10-13-19(21)14-20(24(3,22)23)18-11-6-16(2)7-12-18/h4-9,11-12H,10,13-14H2,1-3H3. The monoisotopic (exact) mass is 345 g/mol. The van der Waals surface area contributed by atoms with Crippen molar-refractivity contribution in [3.63, 3.8) is 0 Å². The van der Waals surface area contributed by atoms with E-state index in [1.807, 2.05) is 50.2 Å². The van der Waals surface area contributed by atoms with Crippen molar-refractivity contribution in [2.24, 2.45) is 0 Å². The van der Waals surface area contributed by atoms with Crippen molar-refractivity contribution in [3.05, 3.63) is 65.2 Å². The van der Waals surface area contributed by atoms with Crippen molar-refractivity contribution in [1.82, 2.24) is 0 Å². The smallest absolute Gasteiger partial charge is 0.232 e. The van der Waals surface area contributed by atoms with Crippen LogP contribution in [-0.4, -0.2) is 27.0 Å². The zero-order chi connectivity index (χ0) is 17.7. The maximum absolute atomic E-state index is 12.3. The second kappa shape index (κ2) is 7.62. The zero-order valence-electron chi connectivity index (χ0n) is 14.3. The SMILES string of the molecule is Cc1ccc(CCC(=O)CN(c2ccc(C)cc2)S(C)(=O)=O)cc1. The fourth-order valence-corrected chi connectivity index (χ4v) is 3.27. The topological polar surface area (TPSA) is 54.5 Å². The Morgan fingerprint density at radius 1 is 0.917 bits per heavy atom. The van der Waals surface area contributed by atoms with E-state index in [1.165, 1.54) is 9.87 Å². The summed E-state index contributed by atoms with van der Waals surface area (Å²) < 4.78 is 25.2. The van der Waals surface area contributed by atoms with Gasteiger partial charge in [-0.3, -0.25) is 9.10 Å². The van der Waals surface area contributed by atoms with Crippen LogP contribution in [0.4, 0.5) is 5.69 Å². The number of hydrogen-bond acceptors (Lipinski definition) is 3. The first-order valence-electron chi connectivity index (χ1n) is 7.87. The van der Waals surface area contributed by atoms with Gasteiger partial charge < -0.3 is 0 Å². The molecule has 0 saturated carbocycles. The van der Waals surface area contributed by atoms with Gasteiger partial charge in [0.05, 0.1) is 18.5 Å². The Hall–Kier alpha value is -2.14. The van der Waals surface area contributed by atoms with Crippen molar-refractivity contribution in [2.45, 2.75) is 26.7 Å². The molecule has 0 aliphatic carbocycles. The normalized spacial score (nSPS) is 11.3. The van der Waals surface area contributed by atoms with E-state index in [-0.39, 0.29) is 12.3 Å². The Morgan fingerprint density at radius 3 is 1.92 bits per heavy atom. The van der Waals surface area contributed by atoms with Crippen molar-refractivity contribution in [3.8, 4) is 0 Å². The minimum atomic E-state index is -3.50. The molecule has 0 spiro atoms. The number of carbonyl (C=O) groups is 1. The quantitative estimate of drug-likeness (QED) is 0.774. The average Bonchev–Trinajstić information content (AvgIpc) is 2.52. The lowest BCUT2D eigenvalue weighted by Gasteiger charge is -2.21. The lowest BCUT2D eigenvalue weighted by Crippen LogP contribution is -2.35. The van der Waals surface area contributed by atoms with Gasteiger partial charge in [-0.25, -0.2) is 8.42 Å². The summed E-state index contributed by atoms with van der Waals surface area (Å²) in [5.74, 6) is -0.0958. The molecule has 0 aliphatic rings. The van der Waals surface area contributed by atoms with E-state index in [4.69, 9.17) is 0 Å². The van der Waals surface area contributed by atoms with E-state index in [2.05, 4.69) is 0 Å². The van der Waals surface area contributed by atoms with Crippen LogP contribution in [0.25, 0.3) is 0 Å². The average molecular weight is 345 g/mol. The van der Waals surface area contributed by atoms with E-state index in [9.17, 15) is 13.2 Å². The molecule has 4 nitrogen and oxygen atoms in total. The van der Waals surface area contributed by atoms with Crippen LogP contribution in [0.1, 0.15) is 23.1 Å². The molecule has 0 aliphatic heterocycles. The highest BCUT2D eigenvalue weighted by molar-refractivity contribution is 7.92. The van der Waals surface area contributed by atoms with Crippen molar-refractivity contribution < 1.29 is 13.2 Å². The molecule has 0 aromatic heterocycles. The molecule has 0 bridgehead atoms. The van der Waals surface area contributed by atoms with E-state index < -0.39 is 10.0 Å². The van der Waals surface area contributed by atoms with Crippen LogP contribution in [0.5, 0.6) is 0 Å². The van der Waals surface area contributed by atoms with Gasteiger partial charge in [-0.15, -0.1) is 0 Å². The summed E-state index contributed by atoms with van der Waals surface area (Å²) in [4.78, 5) is 12.3. The predicted molar refractivity (Wildman–Crippen MR) is 97.9 cm³/mol. The van der Waals surface area contributed by atoms with Gasteiger partial charge in [-0.2, -0.15) is 0 Å². The molecule has 128 valence electrons. The molecule has 0 heterocycles. The number of sulfonamides is 1. The number of benzene rings is 2. The number of nitrogens with zero attached hydrogens (tertiary/aromatic N) is 1. The van der Waals surface area contributed by atoms with Gasteiger partial charge >= 0.3 is 0 Å². The van der Waals surface area contributed by atoms with Gasteiger partial charge in [0.25, 0.3) is 0 Å². The van der Waals surface area contributed by atoms with Crippen LogP contribution >= 0.6 is 0 Å². The number of carbonyl (C=O) groups excluding carboxylic acids is 1. The van der Waals surface area contributed by atoms with Gasteiger partial charge in [0.1, 0.15) is 0 Å². The minimum Gasteiger partial charge on any atom is -0.298 e. The Labute approximate surface area is 144 Å². The molecule has 0 fully saturated rings. The first kappa shape index (κ1) is 18.2. The Kier molecular flexibility index (Phi) is 5.78. The summed E-state index contributed by atoms with van der Waals surface area (Å²) in [5, 5.41) is 0. The fourth-order valence-electron chi connectivity index (χ4n) is 2.39. The molecule has 0 N–H and O–H groups in total. The maximum atomic E-state index is 12.3. The lowest BCUT2D eigenvalue weighted by molar-refractivity contribution is -0.117. The fraction of sp³-hybridized carbons (Fsp3) is 0.316. The van der Waals surface area contributed by atoms with Crippen molar-refractivity contribution in [2.75, 3.05) is 17.1 Å². The molecule has 2 aromatic rings. The highest BCUT2D eigenvalue weighted by Gasteiger charge is 2.20. The summed E-state index contributed by atoms with van der Waals surface area (Å²) >= 11 is 0. The summed E-state index contributed by atoms with van der Waals surface area (Å²) in [6, 6.07) is 15.1. The molecular formula is C19H23NO3S. The first-order valence-corrected chi connectivity index (χ1v) is 9.72. The van der Waals surface area contributed by atoms with Crippen LogP contribution in [0.15, 0.2) is 48.5 Å². The van der Waals surface area contributed by atoms with E-state index in [0.29, 0.717) is 18.5 Å². The number of Topliss-reactive ketones (excluding diaryl/α,β-unsaturated/α-hetero) is 1. The van der Waals surface area contributed by atoms with E-state index in [0.717, 1.165) is 17.4 Å². The summed E-state index contributed by atoms with van der Waals surface area (Å²) in [6.07, 6.45) is 2.06. The Morgan fingerprint density at radius 2 is 1.42 bits per heavy atom. The Balaban J connectivity index is 2.05. The van der Waals surface area contributed by atoms with Crippen LogP contribution in [0.2, 0.25) is 0 Å². The summed E-state index contributed by atoms with van der Waals surface area (Å²) in [7, 11) is -3.50. The molecule has 2 aromatic carbocycles. The summed E-state index contributed by atoms with van der Waals surface area (Å²) in [5.41, 5.74) is 3.81. The van der Waals surface area contributed by atoms with Crippen LogP contribution < -0.4 is 4.31 Å². The third kappa shape index (κ3) is 5.20. The highest BCUT2D eigenvalue weighted by Crippen LogP contribution is 2.18. The van der Waals surface area contributed by atoms with Gasteiger partial charge in [0.2, 0.25) is 10.0 Å². The van der Waals surface area contributed by atoms with Gasteiger partial charge in [-0.05, 0) is 38.0 Å². The number of hydrogen-bond donors (Lipinski definition) is 0. The predicted octanol–water partition coefficient (Wildman–Crippen LogP) is 3.27. The molecule has 0 saturated heterocycles. The molecule has 0 atom stereocenters. The van der Waals surface area contributed by atoms with Crippen LogP contribution in [-0.2, 0) is 21.2 Å². The third-order valence-electron chi connectivity index (χ3n) is 3.86. The molecule has 0 unspecified atom stereocenters. The first-order chi connectivity index (χ1) is 11.3. The second-order valence-corrected chi connectivity index (χ2v) is 8.04. The van der Waals surface area contributed by atoms with Crippen molar-refractivity contribution in [1.29, 1.82) is 0 Å². The number of aryl methyl sites for hydroxylation is 3.